The van der Waals surface area contributed by atoms with Gasteiger partial charge in [-0.1, -0.05) is 35.5 Å². The first-order chi connectivity index (χ1) is 12.9. The highest BCUT2D eigenvalue weighted by atomic mass is 19.4. The van der Waals surface area contributed by atoms with Crippen molar-refractivity contribution in [3.8, 4) is 5.69 Å². The highest BCUT2D eigenvalue weighted by Gasteiger charge is 2.35. The summed E-state index contributed by atoms with van der Waals surface area (Å²) in [5, 5.41) is 7.58. The van der Waals surface area contributed by atoms with E-state index >= 15 is 0 Å². The minimum Gasteiger partial charge on any atom is -0.304 e. The van der Waals surface area contributed by atoms with Crippen molar-refractivity contribution in [1.82, 2.24) is 15.0 Å². The Morgan fingerprint density at radius 1 is 1.07 bits per heavy atom. The molecule has 5 nitrogen and oxygen atoms in total. The van der Waals surface area contributed by atoms with E-state index in [4.69, 9.17) is 0 Å². The van der Waals surface area contributed by atoms with Crippen molar-refractivity contribution in [2.75, 3.05) is 4.90 Å². The van der Waals surface area contributed by atoms with Crippen molar-refractivity contribution in [3.05, 3.63) is 71.5 Å². The summed E-state index contributed by atoms with van der Waals surface area (Å²) in [6.07, 6.45) is -2.58. The zero-order valence-corrected chi connectivity index (χ0v) is 14.3. The van der Waals surface area contributed by atoms with Crippen molar-refractivity contribution in [2.24, 2.45) is 0 Å². The second-order valence-electron chi connectivity index (χ2n) is 6.42. The SMILES string of the molecule is C[C@@H]1Cc2ccccc2N1C(=O)c1cn(-c2ccccc2C(F)(F)F)nn1. The number of aromatic nitrogens is 3. The molecule has 0 unspecified atom stereocenters. The fourth-order valence-electron chi connectivity index (χ4n) is 3.39. The van der Waals surface area contributed by atoms with E-state index in [0.717, 1.165) is 22.0 Å². The molecule has 8 heteroatoms. The molecule has 0 aliphatic carbocycles. The van der Waals surface area contributed by atoms with E-state index in [1.165, 1.54) is 24.4 Å². The van der Waals surface area contributed by atoms with Crippen LogP contribution in [0.25, 0.3) is 5.69 Å². The molecule has 1 aliphatic heterocycles. The molecule has 0 saturated heterocycles. The van der Waals surface area contributed by atoms with E-state index in [-0.39, 0.29) is 23.3 Å². The van der Waals surface area contributed by atoms with Crippen LogP contribution in [0, 0.1) is 0 Å². The molecule has 0 spiro atoms. The molecular weight excluding hydrogens is 357 g/mol. The summed E-state index contributed by atoms with van der Waals surface area (Å²) in [6.45, 7) is 1.92. The van der Waals surface area contributed by atoms with Gasteiger partial charge in [0, 0.05) is 11.7 Å². The Morgan fingerprint density at radius 2 is 1.74 bits per heavy atom. The maximum atomic E-state index is 13.2. The van der Waals surface area contributed by atoms with E-state index in [0.29, 0.717) is 6.42 Å². The highest BCUT2D eigenvalue weighted by Crippen LogP contribution is 2.34. The Labute approximate surface area is 153 Å². The van der Waals surface area contributed by atoms with Crippen molar-refractivity contribution < 1.29 is 18.0 Å². The summed E-state index contributed by atoms with van der Waals surface area (Å²) in [7, 11) is 0. The van der Waals surface area contributed by atoms with Crippen LogP contribution in [0.3, 0.4) is 0 Å². The Bertz CT molecular complexity index is 1010. The van der Waals surface area contributed by atoms with Crippen molar-refractivity contribution in [2.45, 2.75) is 25.6 Å². The summed E-state index contributed by atoms with van der Waals surface area (Å²) in [6, 6.07) is 12.5. The van der Waals surface area contributed by atoms with Gasteiger partial charge >= 0.3 is 6.18 Å². The van der Waals surface area contributed by atoms with Gasteiger partial charge < -0.3 is 4.90 Å². The molecule has 138 valence electrons. The van der Waals surface area contributed by atoms with E-state index < -0.39 is 11.7 Å². The number of carbonyl (C=O) groups excluding carboxylic acids is 1. The third-order valence-corrected chi connectivity index (χ3v) is 4.59. The fourth-order valence-corrected chi connectivity index (χ4v) is 3.39. The van der Waals surface area contributed by atoms with Crippen LogP contribution in [0.4, 0.5) is 18.9 Å². The molecule has 0 bridgehead atoms. The quantitative estimate of drug-likeness (QED) is 0.686. The number of hydrogen-bond donors (Lipinski definition) is 0. The second-order valence-corrected chi connectivity index (χ2v) is 6.42. The smallest absolute Gasteiger partial charge is 0.304 e. The van der Waals surface area contributed by atoms with Crippen molar-refractivity contribution >= 4 is 11.6 Å². The molecule has 1 aliphatic rings. The van der Waals surface area contributed by atoms with Gasteiger partial charge in [-0.25, -0.2) is 4.68 Å². The fraction of sp³-hybridized carbons (Fsp3) is 0.211. The predicted molar refractivity (Wildman–Crippen MR) is 92.8 cm³/mol. The van der Waals surface area contributed by atoms with Crippen LogP contribution in [-0.4, -0.2) is 26.9 Å². The average molecular weight is 372 g/mol. The van der Waals surface area contributed by atoms with Crippen molar-refractivity contribution in [3.63, 3.8) is 0 Å². The van der Waals surface area contributed by atoms with Gasteiger partial charge in [0.1, 0.15) is 0 Å². The Hall–Kier alpha value is -3.16. The number of para-hydroxylation sites is 2. The minimum absolute atomic E-state index is 0.00414. The highest BCUT2D eigenvalue weighted by molar-refractivity contribution is 6.06. The molecule has 1 amide bonds. The average Bonchev–Trinajstić information content (AvgIpc) is 3.24. The van der Waals surface area contributed by atoms with Crippen LogP contribution < -0.4 is 4.90 Å². The van der Waals surface area contributed by atoms with Crippen LogP contribution >= 0.6 is 0 Å². The first kappa shape index (κ1) is 17.3. The molecule has 27 heavy (non-hydrogen) atoms. The number of benzene rings is 2. The predicted octanol–water partition coefficient (Wildman–Crippen LogP) is 3.88. The van der Waals surface area contributed by atoms with E-state index in [1.807, 2.05) is 31.2 Å². The minimum atomic E-state index is -4.53. The maximum absolute atomic E-state index is 13.2. The van der Waals surface area contributed by atoms with Gasteiger partial charge in [-0.15, -0.1) is 5.10 Å². The van der Waals surface area contributed by atoms with Crippen LogP contribution in [-0.2, 0) is 12.6 Å². The number of halogens is 3. The number of carbonyl (C=O) groups is 1. The molecule has 3 aromatic rings. The molecule has 4 rings (SSSR count). The van der Waals surface area contributed by atoms with Gasteiger partial charge in [-0.05, 0) is 37.1 Å². The van der Waals surface area contributed by atoms with Crippen molar-refractivity contribution in [1.29, 1.82) is 0 Å². The monoisotopic (exact) mass is 372 g/mol. The summed E-state index contributed by atoms with van der Waals surface area (Å²) < 4.78 is 40.7. The van der Waals surface area contributed by atoms with Gasteiger partial charge in [0.15, 0.2) is 5.69 Å². The number of rotatable bonds is 2. The number of fused-ring (bicyclic) bond motifs is 1. The summed E-state index contributed by atoms with van der Waals surface area (Å²) >= 11 is 0. The van der Waals surface area contributed by atoms with Gasteiger partial charge in [0.25, 0.3) is 5.91 Å². The molecule has 0 N–H and O–H groups in total. The normalized spacial score (nSPS) is 16.4. The number of hydrogen-bond acceptors (Lipinski definition) is 3. The zero-order valence-electron chi connectivity index (χ0n) is 14.3. The van der Waals surface area contributed by atoms with Gasteiger partial charge in [-0.3, -0.25) is 4.79 Å². The van der Waals surface area contributed by atoms with E-state index in [9.17, 15) is 18.0 Å². The molecule has 0 radical (unpaired) electrons. The molecular formula is C19H15F3N4O. The lowest BCUT2D eigenvalue weighted by molar-refractivity contribution is -0.137. The van der Waals surface area contributed by atoms with E-state index in [1.54, 1.807) is 4.90 Å². The molecule has 2 aromatic carbocycles. The summed E-state index contributed by atoms with van der Waals surface area (Å²) in [5.74, 6) is -0.386. The first-order valence-corrected chi connectivity index (χ1v) is 8.36. The lowest BCUT2D eigenvalue weighted by atomic mass is 10.1. The Balaban J connectivity index is 1.70. The van der Waals surface area contributed by atoms with E-state index in [2.05, 4.69) is 10.3 Å². The van der Waals surface area contributed by atoms with Gasteiger partial charge in [0.05, 0.1) is 17.4 Å². The number of amides is 1. The van der Waals surface area contributed by atoms with Crippen LogP contribution in [0.15, 0.2) is 54.7 Å². The Kier molecular flexibility index (Phi) is 3.98. The van der Waals surface area contributed by atoms with Crippen LogP contribution in [0.1, 0.15) is 28.5 Å². The lowest BCUT2D eigenvalue weighted by Crippen LogP contribution is -2.35. The Morgan fingerprint density at radius 3 is 2.48 bits per heavy atom. The number of anilines is 1. The zero-order chi connectivity index (χ0) is 19.2. The standard InChI is InChI=1S/C19H15F3N4O/c1-12-10-13-6-2-4-8-16(13)26(12)18(27)15-11-25(24-23-15)17-9-5-3-7-14(17)19(20,21)22/h2-9,11-12H,10H2,1H3/t12-/m1/s1. The lowest BCUT2D eigenvalue weighted by Gasteiger charge is -2.21. The summed E-state index contributed by atoms with van der Waals surface area (Å²) in [5.41, 5.74) is 0.823. The number of alkyl halides is 3. The van der Waals surface area contributed by atoms with Crippen LogP contribution in [0.5, 0.6) is 0 Å². The van der Waals surface area contributed by atoms with Crippen LogP contribution in [0.2, 0.25) is 0 Å². The molecule has 1 aromatic heterocycles. The largest absolute Gasteiger partial charge is 0.418 e. The maximum Gasteiger partial charge on any atom is 0.418 e. The molecule has 2 heterocycles. The molecule has 0 saturated carbocycles. The topological polar surface area (TPSA) is 51.0 Å². The molecule has 0 fully saturated rings. The number of nitrogens with zero attached hydrogens (tertiary/aromatic N) is 4. The third kappa shape index (κ3) is 2.97. The summed E-state index contributed by atoms with van der Waals surface area (Å²) in [4.78, 5) is 14.5. The first-order valence-electron chi connectivity index (χ1n) is 8.36. The van der Waals surface area contributed by atoms with Gasteiger partial charge in [-0.2, -0.15) is 13.2 Å². The third-order valence-electron chi connectivity index (χ3n) is 4.59. The van der Waals surface area contributed by atoms with Gasteiger partial charge in [0.2, 0.25) is 0 Å². The molecule has 1 atom stereocenters. The second kappa shape index (κ2) is 6.22.